The van der Waals surface area contributed by atoms with Crippen molar-refractivity contribution in [3.63, 3.8) is 0 Å². The van der Waals surface area contributed by atoms with Crippen molar-refractivity contribution in [1.82, 2.24) is 0 Å². The second-order valence-electron chi connectivity index (χ2n) is 5.03. The molecule has 0 aromatic heterocycles. The van der Waals surface area contributed by atoms with Crippen LogP contribution in [0.1, 0.15) is 25.7 Å². The van der Waals surface area contributed by atoms with Gasteiger partial charge in [-0.1, -0.05) is 35.7 Å². The Morgan fingerprint density at radius 2 is 2.00 bits per heavy atom. The number of benzene rings is 1. The zero-order valence-electron chi connectivity index (χ0n) is 9.05. The molecule has 3 rings (SSSR count). The maximum absolute atomic E-state index is 6.18. The van der Waals surface area contributed by atoms with Gasteiger partial charge >= 0.3 is 0 Å². The minimum absolute atomic E-state index is 0.606. The molecule has 16 heavy (non-hydrogen) atoms. The highest BCUT2D eigenvalue weighted by atomic mass is 35.5. The molecule has 0 heterocycles. The van der Waals surface area contributed by atoms with Gasteiger partial charge in [-0.05, 0) is 43.2 Å². The summed E-state index contributed by atoms with van der Waals surface area (Å²) in [5.74, 6) is 1.79. The smallest absolute Gasteiger partial charge is 0.0823 e. The van der Waals surface area contributed by atoms with Crippen molar-refractivity contribution in [2.75, 3.05) is 5.32 Å². The molecule has 2 bridgehead atoms. The Morgan fingerprint density at radius 1 is 1.12 bits per heavy atom. The van der Waals surface area contributed by atoms with Crippen molar-refractivity contribution in [3.05, 3.63) is 28.2 Å². The van der Waals surface area contributed by atoms with Crippen LogP contribution in [0.2, 0.25) is 10.0 Å². The van der Waals surface area contributed by atoms with Gasteiger partial charge in [-0.25, -0.2) is 0 Å². The van der Waals surface area contributed by atoms with Gasteiger partial charge in [0.2, 0.25) is 0 Å². The van der Waals surface area contributed by atoms with Crippen LogP contribution in [0.25, 0.3) is 0 Å². The standard InChI is InChI=1S/C13H15Cl2N/c14-10-2-1-3-11(13(10)15)16-12-7-8-4-5-9(12)6-8/h1-3,8-9,12,16H,4-7H2. The molecule has 1 aromatic carbocycles. The lowest BCUT2D eigenvalue weighted by Crippen LogP contribution is -2.25. The zero-order chi connectivity index (χ0) is 11.1. The van der Waals surface area contributed by atoms with E-state index >= 15 is 0 Å². The first-order valence-electron chi connectivity index (χ1n) is 5.94. The van der Waals surface area contributed by atoms with Crippen LogP contribution in [0.5, 0.6) is 0 Å². The fraction of sp³-hybridized carbons (Fsp3) is 0.538. The fourth-order valence-electron chi connectivity index (χ4n) is 3.24. The average Bonchev–Trinajstić information content (AvgIpc) is 2.86. The summed E-state index contributed by atoms with van der Waals surface area (Å²) in [7, 11) is 0. The van der Waals surface area contributed by atoms with Gasteiger partial charge in [-0.3, -0.25) is 0 Å². The van der Waals surface area contributed by atoms with Gasteiger partial charge in [0.25, 0.3) is 0 Å². The Morgan fingerprint density at radius 3 is 2.69 bits per heavy atom. The van der Waals surface area contributed by atoms with Crippen LogP contribution in [0.4, 0.5) is 5.69 Å². The molecule has 0 saturated heterocycles. The zero-order valence-corrected chi connectivity index (χ0v) is 10.6. The average molecular weight is 256 g/mol. The van der Waals surface area contributed by atoms with Gasteiger partial charge in [0.05, 0.1) is 15.7 Å². The quantitative estimate of drug-likeness (QED) is 0.815. The summed E-state index contributed by atoms with van der Waals surface area (Å²) < 4.78 is 0. The van der Waals surface area contributed by atoms with Crippen molar-refractivity contribution in [1.29, 1.82) is 0 Å². The third kappa shape index (κ3) is 1.80. The van der Waals surface area contributed by atoms with Crippen molar-refractivity contribution in [2.24, 2.45) is 11.8 Å². The molecule has 0 radical (unpaired) electrons. The summed E-state index contributed by atoms with van der Waals surface area (Å²) in [6.45, 7) is 0. The summed E-state index contributed by atoms with van der Waals surface area (Å²) in [4.78, 5) is 0. The molecular weight excluding hydrogens is 241 g/mol. The van der Waals surface area contributed by atoms with E-state index in [-0.39, 0.29) is 0 Å². The summed E-state index contributed by atoms with van der Waals surface area (Å²) in [6, 6.07) is 6.40. The molecule has 2 aliphatic carbocycles. The van der Waals surface area contributed by atoms with Crippen LogP contribution >= 0.6 is 23.2 Å². The van der Waals surface area contributed by atoms with Crippen LogP contribution in [0.15, 0.2) is 18.2 Å². The first-order chi connectivity index (χ1) is 7.74. The molecule has 0 spiro atoms. The van der Waals surface area contributed by atoms with Crippen LogP contribution < -0.4 is 5.32 Å². The predicted octanol–water partition coefficient (Wildman–Crippen LogP) is 4.59. The number of nitrogens with one attached hydrogen (secondary N) is 1. The third-order valence-electron chi connectivity index (χ3n) is 4.03. The highest BCUT2D eigenvalue weighted by Gasteiger charge is 2.39. The number of hydrogen-bond acceptors (Lipinski definition) is 1. The lowest BCUT2D eigenvalue weighted by atomic mass is 9.95. The van der Waals surface area contributed by atoms with Crippen LogP contribution in [0, 0.1) is 11.8 Å². The number of rotatable bonds is 2. The largest absolute Gasteiger partial charge is 0.381 e. The normalized spacial score (nSPS) is 32.0. The topological polar surface area (TPSA) is 12.0 Å². The van der Waals surface area contributed by atoms with Gasteiger partial charge in [0.15, 0.2) is 0 Å². The van der Waals surface area contributed by atoms with E-state index in [9.17, 15) is 0 Å². The highest BCUT2D eigenvalue weighted by Crippen LogP contribution is 2.46. The van der Waals surface area contributed by atoms with Crippen LogP contribution in [-0.2, 0) is 0 Å². The maximum Gasteiger partial charge on any atom is 0.0823 e. The van der Waals surface area contributed by atoms with Gasteiger partial charge in [-0.2, -0.15) is 0 Å². The van der Waals surface area contributed by atoms with E-state index in [2.05, 4.69) is 5.32 Å². The maximum atomic E-state index is 6.18. The Balaban J connectivity index is 1.77. The molecule has 3 heteroatoms. The molecule has 3 unspecified atom stereocenters. The lowest BCUT2D eigenvalue weighted by Gasteiger charge is -2.24. The molecule has 0 aliphatic heterocycles. The molecule has 86 valence electrons. The highest BCUT2D eigenvalue weighted by molar-refractivity contribution is 6.43. The molecule has 2 saturated carbocycles. The van der Waals surface area contributed by atoms with Crippen LogP contribution in [0.3, 0.4) is 0 Å². The van der Waals surface area contributed by atoms with E-state index in [0.717, 1.165) is 17.5 Å². The Kier molecular flexibility index (Phi) is 2.76. The van der Waals surface area contributed by atoms with Crippen molar-refractivity contribution in [3.8, 4) is 0 Å². The van der Waals surface area contributed by atoms with Gasteiger partial charge in [0, 0.05) is 6.04 Å². The van der Waals surface area contributed by atoms with Crippen molar-refractivity contribution in [2.45, 2.75) is 31.7 Å². The van der Waals surface area contributed by atoms with E-state index in [1.165, 1.54) is 25.7 Å². The van der Waals surface area contributed by atoms with E-state index in [1.807, 2.05) is 18.2 Å². The molecule has 1 N–H and O–H groups in total. The molecule has 0 amide bonds. The lowest BCUT2D eigenvalue weighted by molar-refractivity contribution is 0.440. The molecule has 1 aromatic rings. The summed E-state index contributed by atoms with van der Waals surface area (Å²) in [5, 5.41) is 4.86. The van der Waals surface area contributed by atoms with E-state index in [4.69, 9.17) is 23.2 Å². The van der Waals surface area contributed by atoms with E-state index in [0.29, 0.717) is 16.1 Å². The Labute approximate surface area is 106 Å². The number of halogens is 2. The SMILES string of the molecule is Clc1cccc(NC2CC3CCC2C3)c1Cl. The Bertz CT molecular complexity index is 405. The number of hydrogen-bond donors (Lipinski definition) is 1. The molecule has 1 nitrogen and oxygen atoms in total. The molecule has 3 atom stereocenters. The second kappa shape index (κ2) is 4.12. The minimum Gasteiger partial charge on any atom is -0.381 e. The van der Waals surface area contributed by atoms with Gasteiger partial charge in [-0.15, -0.1) is 0 Å². The molecule has 2 fully saturated rings. The van der Waals surface area contributed by atoms with Gasteiger partial charge < -0.3 is 5.32 Å². The fourth-order valence-corrected chi connectivity index (χ4v) is 3.59. The molecule has 2 aliphatic rings. The summed E-state index contributed by atoms with van der Waals surface area (Å²) >= 11 is 12.2. The summed E-state index contributed by atoms with van der Waals surface area (Å²) in [6.07, 6.45) is 5.50. The first kappa shape index (κ1) is 10.7. The number of anilines is 1. The molecular formula is C13H15Cl2N. The predicted molar refractivity (Wildman–Crippen MR) is 69.3 cm³/mol. The second-order valence-corrected chi connectivity index (χ2v) is 5.81. The van der Waals surface area contributed by atoms with Crippen molar-refractivity contribution >= 4 is 28.9 Å². The minimum atomic E-state index is 0.606. The van der Waals surface area contributed by atoms with Gasteiger partial charge in [0.1, 0.15) is 0 Å². The van der Waals surface area contributed by atoms with Crippen LogP contribution in [-0.4, -0.2) is 6.04 Å². The number of fused-ring (bicyclic) bond motifs is 2. The first-order valence-corrected chi connectivity index (χ1v) is 6.70. The monoisotopic (exact) mass is 255 g/mol. The van der Waals surface area contributed by atoms with E-state index < -0.39 is 0 Å². The van der Waals surface area contributed by atoms with Crippen molar-refractivity contribution < 1.29 is 0 Å². The summed E-state index contributed by atoms with van der Waals surface area (Å²) in [5.41, 5.74) is 0.992. The van der Waals surface area contributed by atoms with E-state index in [1.54, 1.807) is 0 Å². The third-order valence-corrected chi connectivity index (χ3v) is 4.85. The Hall–Kier alpha value is -0.400.